The maximum absolute atomic E-state index is 6.65. The van der Waals surface area contributed by atoms with Gasteiger partial charge in [0.2, 0.25) is 0 Å². The number of hydrogen-bond donors (Lipinski definition) is 0. The molecule has 1 aliphatic rings. The second-order valence-electron chi connectivity index (χ2n) is 11.2. The van der Waals surface area contributed by atoms with E-state index in [0.29, 0.717) is 5.92 Å². The van der Waals surface area contributed by atoms with E-state index >= 15 is 0 Å². The quantitative estimate of drug-likeness (QED) is 0.209. The summed E-state index contributed by atoms with van der Waals surface area (Å²) >= 11 is 0. The molecule has 0 radical (unpaired) electrons. The van der Waals surface area contributed by atoms with Gasteiger partial charge in [-0.2, -0.15) is 0 Å². The molecule has 1 aliphatic carbocycles. The Labute approximate surface area is 237 Å². The molecule has 0 spiro atoms. The first-order chi connectivity index (χ1) is 20.3. The van der Waals surface area contributed by atoms with E-state index in [-0.39, 0.29) is 0 Å². The third kappa shape index (κ3) is 3.13. The maximum atomic E-state index is 6.65. The van der Waals surface area contributed by atoms with Crippen LogP contribution in [0.15, 0.2) is 124 Å². The van der Waals surface area contributed by atoms with Gasteiger partial charge < -0.3 is 8.83 Å². The van der Waals surface area contributed by atoms with Gasteiger partial charge in [-0.05, 0) is 46.0 Å². The summed E-state index contributed by atoms with van der Waals surface area (Å²) in [5, 5.41) is 8.33. The van der Waals surface area contributed by atoms with Crippen molar-refractivity contribution in [3.63, 3.8) is 0 Å². The second-order valence-corrected chi connectivity index (χ2v) is 11.2. The first-order valence-corrected chi connectivity index (χ1v) is 14.3. The van der Waals surface area contributed by atoms with Crippen LogP contribution in [0, 0.1) is 0 Å². The van der Waals surface area contributed by atoms with Gasteiger partial charge in [-0.3, -0.25) is 0 Å². The molecule has 9 rings (SSSR count). The van der Waals surface area contributed by atoms with Crippen LogP contribution in [0.2, 0.25) is 0 Å². The van der Waals surface area contributed by atoms with E-state index in [9.17, 15) is 0 Å². The van der Waals surface area contributed by atoms with Crippen molar-refractivity contribution in [2.45, 2.75) is 19.3 Å². The van der Waals surface area contributed by atoms with Crippen LogP contribution in [0.25, 0.3) is 82.8 Å². The van der Waals surface area contributed by atoms with E-state index in [1.165, 1.54) is 43.6 Å². The molecule has 2 heteroatoms. The molecule has 1 unspecified atom stereocenters. The minimum Gasteiger partial charge on any atom is -0.456 e. The fourth-order valence-electron chi connectivity index (χ4n) is 7.14. The number of rotatable bonds is 2. The molecule has 194 valence electrons. The summed E-state index contributed by atoms with van der Waals surface area (Å²) in [6.07, 6.45) is 5.42. The second kappa shape index (κ2) is 8.46. The normalized spacial score (nSPS) is 15.0. The van der Waals surface area contributed by atoms with E-state index in [0.717, 1.165) is 50.8 Å². The summed E-state index contributed by atoms with van der Waals surface area (Å²) in [5.74, 6) is 1.43. The molecular weight excluding hydrogens is 500 g/mol. The average Bonchev–Trinajstić information content (AvgIpc) is 3.59. The smallest absolute Gasteiger partial charge is 0.143 e. The zero-order chi connectivity index (χ0) is 27.1. The molecule has 41 heavy (non-hydrogen) atoms. The first kappa shape index (κ1) is 22.7. The van der Waals surface area contributed by atoms with Crippen LogP contribution in [0.4, 0.5) is 0 Å². The van der Waals surface area contributed by atoms with Crippen molar-refractivity contribution in [2.24, 2.45) is 0 Å². The van der Waals surface area contributed by atoms with Gasteiger partial charge in [0.1, 0.15) is 22.5 Å². The summed E-state index contributed by atoms with van der Waals surface area (Å²) in [7, 11) is 0. The van der Waals surface area contributed by atoms with Gasteiger partial charge in [-0.25, -0.2) is 0 Å². The van der Waals surface area contributed by atoms with Crippen molar-refractivity contribution in [3.8, 4) is 22.3 Å². The molecule has 0 fully saturated rings. The SMILES string of the molecule is CC1CC=Cc2oc3c(-c4c5ccccc5c(-c5cccc6c5oc5ccccc56)c5ccccc45)cccc3c21. The lowest BCUT2D eigenvalue weighted by molar-refractivity contribution is 0.587. The summed E-state index contributed by atoms with van der Waals surface area (Å²) in [4.78, 5) is 0. The van der Waals surface area contributed by atoms with Gasteiger partial charge in [0.05, 0.1) is 0 Å². The molecule has 1 atom stereocenters. The highest BCUT2D eigenvalue weighted by atomic mass is 16.3. The Morgan fingerprint density at radius 1 is 0.512 bits per heavy atom. The molecule has 0 saturated carbocycles. The van der Waals surface area contributed by atoms with Crippen molar-refractivity contribution in [1.29, 1.82) is 0 Å². The van der Waals surface area contributed by atoms with Gasteiger partial charge in [-0.1, -0.05) is 116 Å². The summed E-state index contributed by atoms with van der Waals surface area (Å²) in [5.41, 5.74) is 8.80. The molecule has 0 bridgehead atoms. The van der Waals surface area contributed by atoms with Crippen LogP contribution in [-0.4, -0.2) is 0 Å². The highest BCUT2D eigenvalue weighted by Gasteiger charge is 2.25. The molecule has 0 amide bonds. The lowest BCUT2D eigenvalue weighted by atomic mass is 9.84. The van der Waals surface area contributed by atoms with E-state index in [1.807, 2.05) is 6.07 Å². The largest absolute Gasteiger partial charge is 0.456 e. The van der Waals surface area contributed by atoms with Gasteiger partial charge in [0, 0.05) is 44.0 Å². The van der Waals surface area contributed by atoms with Gasteiger partial charge >= 0.3 is 0 Å². The van der Waals surface area contributed by atoms with Gasteiger partial charge in [-0.15, -0.1) is 0 Å². The highest BCUT2D eigenvalue weighted by Crippen LogP contribution is 2.49. The Kier molecular flexibility index (Phi) is 4.68. The zero-order valence-electron chi connectivity index (χ0n) is 22.6. The minimum atomic E-state index is 0.437. The van der Waals surface area contributed by atoms with E-state index in [2.05, 4.69) is 122 Å². The molecular formula is C39H26O2. The van der Waals surface area contributed by atoms with Crippen LogP contribution < -0.4 is 0 Å². The van der Waals surface area contributed by atoms with Crippen molar-refractivity contribution in [2.75, 3.05) is 0 Å². The zero-order valence-corrected chi connectivity index (χ0v) is 22.6. The fraction of sp³-hybridized carbons (Fsp3) is 0.0769. The number of furan rings is 2. The number of para-hydroxylation sites is 3. The third-order valence-corrected chi connectivity index (χ3v) is 8.91. The lowest BCUT2D eigenvalue weighted by Crippen LogP contribution is -1.96. The monoisotopic (exact) mass is 526 g/mol. The highest BCUT2D eigenvalue weighted by molar-refractivity contribution is 6.25. The van der Waals surface area contributed by atoms with Crippen molar-refractivity contribution in [3.05, 3.63) is 127 Å². The first-order valence-electron chi connectivity index (χ1n) is 14.3. The van der Waals surface area contributed by atoms with Crippen LogP contribution in [-0.2, 0) is 0 Å². The summed E-state index contributed by atoms with van der Waals surface area (Å²) in [6.45, 7) is 2.29. The Hall–Kier alpha value is -5.08. The molecule has 0 aliphatic heterocycles. The predicted molar refractivity (Wildman–Crippen MR) is 171 cm³/mol. The number of hydrogen-bond acceptors (Lipinski definition) is 2. The molecule has 0 saturated heterocycles. The van der Waals surface area contributed by atoms with Crippen LogP contribution in [0.5, 0.6) is 0 Å². The van der Waals surface area contributed by atoms with Crippen LogP contribution >= 0.6 is 0 Å². The number of benzene rings is 6. The van der Waals surface area contributed by atoms with E-state index in [4.69, 9.17) is 8.83 Å². The molecule has 2 nitrogen and oxygen atoms in total. The van der Waals surface area contributed by atoms with E-state index in [1.54, 1.807) is 0 Å². The Balaban J connectivity index is 1.43. The standard InChI is InChI=1S/C39H26O2/c1-23-11-8-22-34-35(23)30-18-10-20-32(39(30)41-34)37-27-15-4-2-13-25(27)36(26-14-3-5-16-28(26)37)31-19-9-17-29-24-12-6-7-21-33(24)40-38(29)31/h2-10,12-23H,11H2,1H3. The number of fused-ring (bicyclic) bond motifs is 8. The summed E-state index contributed by atoms with van der Waals surface area (Å²) in [6, 6.07) is 39.0. The minimum absolute atomic E-state index is 0.437. The molecule has 2 heterocycles. The maximum Gasteiger partial charge on any atom is 0.143 e. The number of allylic oxidation sites excluding steroid dienone is 1. The Bertz CT molecular complexity index is 2300. The Morgan fingerprint density at radius 2 is 1.02 bits per heavy atom. The predicted octanol–water partition coefficient (Wildman–Crippen LogP) is 11.5. The van der Waals surface area contributed by atoms with Crippen molar-refractivity contribution >= 4 is 60.5 Å². The molecule has 2 aromatic heterocycles. The van der Waals surface area contributed by atoms with Gasteiger partial charge in [0.25, 0.3) is 0 Å². The lowest BCUT2D eigenvalue weighted by Gasteiger charge is -2.18. The Morgan fingerprint density at radius 3 is 1.66 bits per heavy atom. The molecule has 8 aromatic rings. The van der Waals surface area contributed by atoms with Gasteiger partial charge in [0.15, 0.2) is 0 Å². The fourth-order valence-corrected chi connectivity index (χ4v) is 7.14. The van der Waals surface area contributed by atoms with E-state index < -0.39 is 0 Å². The summed E-state index contributed by atoms with van der Waals surface area (Å²) < 4.78 is 13.2. The average molecular weight is 527 g/mol. The topological polar surface area (TPSA) is 26.3 Å². The third-order valence-electron chi connectivity index (χ3n) is 8.91. The molecule has 6 aromatic carbocycles. The van der Waals surface area contributed by atoms with Crippen LogP contribution in [0.1, 0.15) is 30.6 Å². The molecule has 0 N–H and O–H groups in total. The van der Waals surface area contributed by atoms with Crippen molar-refractivity contribution in [1.82, 2.24) is 0 Å². The van der Waals surface area contributed by atoms with Crippen LogP contribution in [0.3, 0.4) is 0 Å². The van der Waals surface area contributed by atoms with Crippen molar-refractivity contribution < 1.29 is 8.83 Å².